The smallest absolute Gasteiger partial charge is 0.344 e. The molecule has 3 aromatic carbocycles. The molecule has 4 rings (SSSR count). The summed E-state index contributed by atoms with van der Waals surface area (Å²) < 4.78 is 10.7. The van der Waals surface area contributed by atoms with Gasteiger partial charge in [0.15, 0.2) is 12.4 Å². The van der Waals surface area contributed by atoms with E-state index >= 15 is 0 Å². The van der Waals surface area contributed by atoms with E-state index in [4.69, 9.17) is 9.47 Å². The number of nitrogens with zero attached hydrogens (tertiary/aromatic N) is 2. The van der Waals surface area contributed by atoms with Crippen molar-refractivity contribution in [2.75, 3.05) is 56.7 Å². The van der Waals surface area contributed by atoms with Crippen LogP contribution in [0.4, 0.5) is 11.4 Å². The Kier molecular flexibility index (Phi) is 11.7. The number of amides is 1. The number of para-hydroxylation sites is 1. The number of carbonyl (C=O) groups is 3. The van der Waals surface area contributed by atoms with Crippen molar-refractivity contribution in [1.82, 2.24) is 4.90 Å². The van der Waals surface area contributed by atoms with Crippen LogP contribution in [0.2, 0.25) is 0 Å². The molecule has 1 heterocycles. The molecular formula is C32H38ClN3O5. The standard InChI is InChI=1S/C32H37N3O5.ClH/c1-4-39-30(37)22-40-29-8-5-7-26(21-28(36)24-11-9-23(2)10-12-24)31(29)33-32(38)25-13-15-27(16-14-25)35-18-6-17-34(3)19-20-35;/h5,7-16H,4,6,17-22H2,1-3H3,(H,33,38);1H. The molecule has 0 radical (unpaired) electrons. The molecule has 3 aromatic rings. The molecule has 218 valence electrons. The molecule has 1 aliphatic rings. The lowest BCUT2D eigenvalue weighted by molar-refractivity contribution is -0.145. The number of hydrogen-bond donors (Lipinski definition) is 1. The Morgan fingerprint density at radius 1 is 0.878 bits per heavy atom. The molecule has 0 unspecified atom stereocenters. The number of esters is 1. The van der Waals surface area contributed by atoms with Crippen molar-refractivity contribution in [3.8, 4) is 5.75 Å². The predicted octanol–water partition coefficient (Wildman–Crippen LogP) is 5.18. The van der Waals surface area contributed by atoms with E-state index in [0.717, 1.165) is 43.9 Å². The minimum atomic E-state index is -0.517. The highest BCUT2D eigenvalue weighted by atomic mass is 35.5. The number of nitrogens with one attached hydrogen (secondary N) is 1. The number of rotatable bonds is 10. The number of likely N-dealkylation sites (N-methyl/N-ethyl adjacent to an activating group) is 1. The van der Waals surface area contributed by atoms with Crippen LogP contribution < -0.4 is 15.0 Å². The number of ketones is 1. The lowest BCUT2D eigenvalue weighted by Crippen LogP contribution is -2.28. The monoisotopic (exact) mass is 579 g/mol. The second-order valence-corrected chi connectivity index (χ2v) is 9.99. The van der Waals surface area contributed by atoms with Gasteiger partial charge in [0, 0.05) is 42.9 Å². The summed E-state index contributed by atoms with van der Waals surface area (Å²) in [6, 6.07) is 20.1. The highest BCUT2D eigenvalue weighted by Crippen LogP contribution is 2.31. The summed E-state index contributed by atoms with van der Waals surface area (Å²) >= 11 is 0. The van der Waals surface area contributed by atoms with Crippen LogP contribution in [0.15, 0.2) is 66.7 Å². The first-order valence-electron chi connectivity index (χ1n) is 13.7. The van der Waals surface area contributed by atoms with Gasteiger partial charge < -0.3 is 24.6 Å². The van der Waals surface area contributed by atoms with Crippen molar-refractivity contribution in [3.63, 3.8) is 0 Å². The fourth-order valence-corrected chi connectivity index (χ4v) is 4.65. The maximum Gasteiger partial charge on any atom is 0.344 e. The molecule has 41 heavy (non-hydrogen) atoms. The number of benzene rings is 3. The predicted molar refractivity (Wildman–Crippen MR) is 164 cm³/mol. The number of halogens is 1. The zero-order chi connectivity index (χ0) is 28.5. The van der Waals surface area contributed by atoms with Crippen molar-refractivity contribution in [2.24, 2.45) is 0 Å². The summed E-state index contributed by atoms with van der Waals surface area (Å²) in [5.74, 6) is -0.652. The van der Waals surface area contributed by atoms with Gasteiger partial charge in [0.2, 0.25) is 0 Å². The van der Waals surface area contributed by atoms with Crippen LogP contribution in [-0.4, -0.2) is 69.0 Å². The highest BCUT2D eigenvalue weighted by molar-refractivity contribution is 6.06. The summed E-state index contributed by atoms with van der Waals surface area (Å²) in [4.78, 5) is 43.1. The van der Waals surface area contributed by atoms with Crippen LogP contribution in [0.25, 0.3) is 0 Å². The maximum atomic E-state index is 13.4. The van der Waals surface area contributed by atoms with Gasteiger partial charge in [0.1, 0.15) is 5.75 Å². The van der Waals surface area contributed by atoms with E-state index in [0.29, 0.717) is 28.1 Å². The lowest BCUT2D eigenvalue weighted by Gasteiger charge is -2.23. The van der Waals surface area contributed by atoms with E-state index in [-0.39, 0.29) is 43.7 Å². The Bertz CT molecular complexity index is 1330. The first-order valence-corrected chi connectivity index (χ1v) is 13.7. The third-order valence-corrected chi connectivity index (χ3v) is 6.94. The Labute approximate surface area is 248 Å². The molecule has 1 N–H and O–H groups in total. The van der Waals surface area contributed by atoms with E-state index in [1.807, 2.05) is 31.2 Å². The second-order valence-electron chi connectivity index (χ2n) is 9.99. The fraction of sp³-hybridized carbons (Fsp3) is 0.344. The molecule has 0 aliphatic carbocycles. The van der Waals surface area contributed by atoms with Crippen LogP contribution >= 0.6 is 12.4 Å². The quantitative estimate of drug-likeness (QED) is 0.262. The van der Waals surface area contributed by atoms with Gasteiger partial charge in [-0.3, -0.25) is 9.59 Å². The maximum absolute atomic E-state index is 13.4. The van der Waals surface area contributed by atoms with E-state index in [2.05, 4.69) is 22.2 Å². The molecule has 0 atom stereocenters. The number of carbonyl (C=O) groups excluding carboxylic acids is 3. The first-order chi connectivity index (χ1) is 19.3. The summed E-state index contributed by atoms with van der Waals surface area (Å²) in [5.41, 5.74) is 4.15. The number of Topliss-reactive ketones (excluding diaryl/α,β-unsaturated/α-hetero) is 1. The molecule has 0 saturated carbocycles. The SMILES string of the molecule is CCOC(=O)COc1cccc(CC(=O)c2ccc(C)cc2)c1NC(=O)c1ccc(N2CCCN(C)CC2)cc1.Cl. The molecule has 0 bridgehead atoms. The average Bonchev–Trinajstić information content (AvgIpc) is 3.18. The van der Waals surface area contributed by atoms with Crippen molar-refractivity contribution < 1.29 is 23.9 Å². The summed E-state index contributed by atoms with van der Waals surface area (Å²) in [6.07, 6.45) is 1.14. The van der Waals surface area contributed by atoms with Crippen LogP contribution in [0, 0.1) is 6.92 Å². The van der Waals surface area contributed by atoms with Gasteiger partial charge in [-0.1, -0.05) is 42.0 Å². The molecular weight excluding hydrogens is 542 g/mol. The molecule has 0 spiro atoms. The molecule has 1 aliphatic heterocycles. The zero-order valence-electron chi connectivity index (χ0n) is 23.9. The first kappa shape index (κ1) is 31.6. The topological polar surface area (TPSA) is 88.2 Å². The minimum Gasteiger partial charge on any atom is -0.480 e. The highest BCUT2D eigenvalue weighted by Gasteiger charge is 2.19. The molecule has 8 nitrogen and oxygen atoms in total. The van der Waals surface area contributed by atoms with Gasteiger partial charge in [-0.15, -0.1) is 12.4 Å². The van der Waals surface area contributed by atoms with Gasteiger partial charge in [0.25, 0.3) is 5.91 Å². The Morgan fingerprint density at radius 2 is 1.59 bits per heavy atom. The van der Waals surface area contributed by atoms with Gasteiger partial charge >= 0.3 is 5.97 Å². The number of ether oxygens (including phenoxy) is 2. The van der Waals surface area contributed by atoms with Gasteiger partial charge in [-0.05, 0) is 69.8 Å². The van der Waals surface area contributed by atoms with Crippen LogP contribution in [0.3, 0.4) is 0 Å². The van der Waals surface area contributed by atoms with Crippen molar-refractivity contribution in [1.29, 1.82) is 0 Å². The van der Waals surface area contributed by atoms with E-state index < -0.39 is 5.97 Å². The number of hydrogen-bond acceptors (Lipinski definition) is 7. The van der Waals surface area contributed by atoms with Gasteiger partial charge in [-0.2, -0.15) is 0 Å². The Morgan fingerprint density at radius 3 is 2.29 bits per heavy atom. The molecule has 9 heteroatoms. The summed E-state index contributed by atoms with van der Waals surface area (Å²) in [7, 11) is 2.13. The van der Waals surface area contributed by atoms with Crippen molar-refractivity contribution in [2.45, 2.75) is 26.7 Å². The molecule has 1 saturated heterocycles. The largest absolute Gasteiger partial charge is 0.480 e. The van der Waals surface area contributed by atoms with Crippen molar-refractivity contribution >= 4 is 41.4 Å². The summed E-state index contributed by atoms with van der Waals surface area (Å²) in [5, 5.41) is 2.94. The van der Waals surface area contributed by atoms with Crippen LogP contribution in [-0.2, 0) is 16.0 Å². The lowest BCUT2D eigenvalue weighted by atomic mass is 10.00. The van der Waals surface area contributed by atoms with E-state index in [9.17, 15) is 14.4 Å². The van der Waals surface area contributed by atoms with Crippen molar-refractivity contribution in [3.05, 3.63) is 89.0 Å². The van der Waals surface area contributed by atoms with E-state index in [1.165, 1.54) is 0 Å². The molecule has 1 amide bonds. The average molecular weight is 580 g/mol. The molecule has 1 fully saturated rings. The van der Waals surface area contributed by atoms with Crippen LogP contribution in [0.1, 0.15) is 45.2 Å². The third kappa shape index (κ3) is 8.80. The Hall–Kier alpha value is -3.88. The summed E-state index contributed by atoms with van der Waals surface area (Å²) in [6.45, 7) is 7.58. The normalized spacial score (nSPS) is 13.5. The zero-order valence-corrected chi connectivity index (χ0v) is 24.7. The minimum absolute atomic E-state index is 0. The van der Waals surface area contributed by atoms with Gasteiger partial charge in [-0.25, -0.2) is 4.79 Å². The number of anilines is 2. The van der Waals surface area contributed by atoms with Gasteiger partial charge in [0.05, 0.1) is 12.3 Å². The number of aryl methyl sites for hydroxylation is 1. The molecule has 0 aromatic heterocycles. The third-order valence-electron chi connectivity index (χ3n) is 6.94. The fourth-order valence-electron chi connectivity index (χ4n) is 4.65. The Balaban J connectivity index is 0.00000462. The van der Waals surface area contributed by atoms with E-state index in [1.54, 1.807) is 49.4 Å². The second kappa shape index (κ2) is 15.2. The van der Waals surface area contributed by atoms with Crippen LogP contribution in [0.5, 0.6) is 5.75 Å².